The third-order valence-corrected chi connectivity index (χ3v) is 8.00. The second kappa shape index (κ2) is 7.98. The molecule has 0 bridgehead atoms. The molecular formula is C27H20Cl2N6O. The zero-order chi connectivity index (χ0) is 24.6. The van der Waals surface area contributed by atoms with Gasteiger partial charge in [0.1, 0.15) is 11.5 Å². The van der Waals surface area contributed by atoms with Gasteiger partial charge in [0.05, 0.1) is 11.7 Å². The summed E-state index contributed by atoms with van der Waals surface area (Å²) in [4.78, 5) is 18.3. The van der Waals surface area contributed by atoms with Crippen molar-refractivity contribution in [2.45, 2.75) is 31.7 Å². The van der Waals surface area contributed by atoms with E-state index in [2.05, 4.69) is 52.8 Å². The number of aryl methyl sites for hydroxylation is 1. The van der Waals surface area contributed by atoms with E-state index in [9.17, 15) is 4.79 Å². The fourth-order valence-corrected chi connectivity index (χ4v) is 6.13. The summed E-state index contributed by atoms with van der Waals surface area (Å²) >= 11 is 13.0. The molecule has 7 nitrogen and oxygen atoms in total. The molecule has 1 fully saturated rings. The molecule has 0 radical (unpaired) electrons. The summed E-state index contributed by atoms with van der Waals surface area (Å²) in [5, 5.41) is 12.6. The first kappa shape index (κ1) is 21.7. The van der Waals surface area contributed by atoms with Gasteiger partial charge in [-0.3, -0.25) is 4.79 Å². The van der Waals surface area contributed by atoms with Gasteiger partial charge in [0.2, 0.25) is 0 Å². The maximum Gasteiger partial charge on any atom is 0.251 e. The van der Waals surface area contributed by atoms with Crippen LogP contribution < -0.4 is 5.56 Å². The van der Waals surface area contributed by atoms with Crippen molar-refractivity contribution >= 4 is 34.5 Å². The summed E-state index contributed by atoms with van der Waals surface area (Å²) in [6.07, 6.45) is 3.22. The molecule has 2 aromatic heterocycles. The molecule has 36 heavy (non-hydrogen) atoms. The molecular weight excluding hydrogens is 495 g/mol. The van der Waals surface area contributed by atoms with Crippen molar-refractivity contribution in [2.75, 3.05) is 0 Å². The van der Waals surface area contributed by atoms with Crippen LogP contribution in [0.15, 0.2) is 75.9 Å². The van der Waals surface area contributed by atoms with Crippen LogP contribution >= 0.6 is 23.2 Å². The number of fused-ring (bicyclic) bond motifs is 3. The van der Waals surface area contributed by atoms with E-state index in [1.54, 1.807) is 16.8 Å². The summed E-state index contributed by atoms with van der Waals surface area (Å²) in [7, 11) is 0. The predicted octanol–water partition coefficient (Wildman–Crippen LogP) is 5.56. The van der Waals surface area contributed by atoms with Crippen LogP contribution in [0.2, 0.25) is 5.02 Å². The average Bonchev–Trinajstić information content (AvgIpc) is 3.18. The van der Waals surface area contributed by atoms with Crippen LogP contribution in [0.4, 0.5) is 0 Å². The highest BCUT2D eigenvalue weighted by Crippen LogP contribution is 2.60. The minimum Gasteiger partial charge on any atom is -0.303 e. The molecule has 9 heteroatoms. The van der Waals surface area contributed by atoms with E-state index >= 15 is 0 Å². The third kappa shape index (κ3) is 3.38. The number of benzene rings is 2. The molecule has 0 N–H and O–H groups in total. The largest absolute Gasteiger partial charge is 0.303 e. The highest BCUT2D eigenvalue weighted by molar-refractivity contribution is 6.35. The number of pyridine rings is 1. The summed E-state index contributed by atoms with van der Waals surface area (Å²) in [5.74, 6) is 0.704. The Balaban J connectivity index is 1.27. The monoisotopic (exact) mass is 514 g/mol. The molecule has 1 aliphatic carbocycles. The standard InChI is InChI=1S/C27H20Cl2N6O/c1-14-2-4-15(5-3-14)19-12-22(31-27(19)29)26-21-11-20(21)24-8-16(9-25(36)35(24)26)18-10-17(28)6-7-23(18)34-13-30-32-33-34/h2-10,13,20-21,26H,11-12H2,1H3. The summed E-state index contributed by atoms with van der Waals surface area (Å²) in [5.41, 5.74) is 7.62. The molecule has 0 saturated heterocycles. The Morgan fingerprint density at radius 3 is 2.61 bits per heavy atom. The Bertz CT molecular complexity index is 1650. The summed E-state index contributed by atoms with van der Waals surface area (Å²) in [6, 6.07) is 17.5. The lowest BCUT2D eigenvalue weighted by atomic mass is 9.97. The predicted molar refractivity (Wildman–Crippen MR) is 140 cm³/mol. The molecule has 4 heterocycles. The molecule has 0 spiro atoms. The van der Waals surface area contributed by atoms with Gasteiger partial charge in [0.15, 0.2) is 0 Å². The Kier molecular flexibility index (Phi) is 4.81. The molecule has 4 aromatic rings. The van der Waals surface area contributed by atoms with Crippen LogP contribution in [0.5, 0.6) is 0 Å². The van der Waals surface area contributed by atoms with Gasteiger partial charge in [0.25, 0.3) is 5.56 Å². The molecule has 7 rings (SSSR count). The first-order valence-electron chi connectivity index (χ1n) is 11.8. The van der Waals surface area contributed by atoms with Crippen molar-refractivity contribution < 1.29 is 0 Å². The van der Waals surface area contributed by atoms with Crippen LogP contribution in [0.3, 0.4) is 0 Å². The highest BCUT2D eigenvalue weighted by atomic mass is 35.5. The lowest BCUT2D eigenvalue weighted by Crippen LogP contribution is -2.29. The van der Waals surface area contributed by atoms with E-state index in [-0.39, 0.29) is 11.6 Å². The Labute approximate surface area is 216 Å². The molecule has 178 valence electrons. The van der Waals surface area contributed by atoms with Gasteiger partial charge in [-0.15, -0.1) is 5.10 Å². The summed E-state index contributed by atoms with van der Waals surface area (Å²) < 4.78 is 3.50. The molecule has 2 aliphatic heterocycles. The number of rotatable bonds is 4. The second-order valence-corrected chi connectivity index (χ2v) is 10.5. The van der Waals surface area contributed by atoms with Gasteiger partial charge in [-0.1, -0.05) is 53.0 Å². The fourth-order valence-electron chi connectivity index (χ4n) is 5.68. The van der Waals surface area contributed by atoms with E-state index in [0.29, 0.717) is 28.4 Å². The van der Waals surface area contributed by atoms with Gasteiger partial charge in [0, 0.05) is 46.0 Å². The van der Waals surface area contributed by atoms with Crippen LogP contribution in [0, 0.1) is 12.8 Å². The van der Waals surface area contributed by atoms with Crippen molar-refractivity contribution in [2.24, 2.45) is 10.9 Å². The quantitative estimate of drug-likeness (QED) is 0.334. The number of halogens is 2. The number of hydrogen-bond donors (Lipinski definition) is 0. The van der Waals surface area contributed by atoms with Crippen molar-refractivity contribution in [3.8, 4) is 16.8 Å². The minimum atomic E-state index is -0.0680. The van der Waals surface area contributed by atoms with Crippen LogP contribution in [-0.4, -0.2) is 30.5 Å². The molecule has 3 aliphatic rings. The lowest BCUT2D eigenvalue weighted by Gasteiger charge is -2.20. The van der Waals surface area contributed by atoms with Gasteiger partial charge in [-0.2, -0.15) is 4.68 Å². The van der Waals surface area contributed by atoms with Crippen molar-refractivity contribution in [1.29, 1.82) is 0 Å². The normalized spacial score (nSPS) is 22.0. The number of aliphatic imine (C=N–C) groups is 1. The van der Waals surface area contributed by atoms with Crippen molar-refractivity contribution in [1.82, 2.24) is 24.8 Å². The van der Waals surface area contributed by atoms with Gasteiger partial charge in [-0.05, 0) is 65.1 Å². The molecule has 0 amide bonds. The van der Waals surface area contributed by atoms with Crippen molar-refractivity contribution in [3.05, 3.63) is 98.3 Å². The van der Waals surface area contributed by atoms with E-state index in [1.807, 2.05) is 16.7 Å². The number of aromatic nitrogens is 5. The van der Waals surface area contributed by atoms with E-state index in [1.165, 1.54) is 11.9 Å². The van der Waals surface area contributed by atoms with Crippen molar-refractivity contribution in [3.63, 3.8) is 0 Å². The maximum atomic E-state index is 13.6. The topological polar surface area (TPSA) is 78.0 Å². The Hall–Kier alpha value is -3.55. The third-order valence-electron chi connectivity index (χ3n) is 7.46. The smallest absolute Gasteiger partial charge is 0.251 e. The molecule has 3 atom stereocenters. The average molecular weight is 515 g/mol. The minimum absolute atomic E-state index is 0.0510. The fraction of sp³-hybridized carbons (Fsp3) is 0.222. The van der Waals surface area contributed by atoms with Crippen LogP contribution in [0.25, 0.3) is 22.4 Å². The zero-order valence-corrected chi connectivity index (χ0v) is 20.8. The van der Waals surface area contributed by atoms with Crippen LogP contribution in [0.1, 0.15) is 41.6 Å². The SMILES string of the molecule is Cc1ccc(C2=C(Cl)N=C(C3C4CC4c4cc(-c5cc(Cl)ccc5-n5cnnn5)cc(=O)n43)C2)cc1. The number of tetrazole rings is 1. The van der Waals surface area contributed by atoms with Gasteiger partial charge >= 0.3 is 0 Å². The lowest BCUT2D eigenvalue weighted by molar-refractivity contribution is 0.584. The summed E-state index contributed by atoms with van der Waals surface area (Å²) in [6.45, 7) is 2.06. The van der Waals surface area contributed by atoms with E-state index in [0.717, 1.165) is 45.8 Å². The number of allylic oxidation sites excluding steroid dienone is 1. The second-order valence-electron chi connectivity index (χ2n) is 9.66. The number of nitrogens with zero attached hydrogens (tertiary/aromatic N) is 6. The maximum absolute atomic E-state index is 13.6. The molecule has 1 saturated carbocycles. The van der Waals surface area contributed by atoms with E-state index in [4.69, 9.17) is 28.2 Å². The van der Waals surface area contributed by atoms with Crippen LogP contribution in [-0.2, 0) is 0 Å². The van der Waals surface area contributed by atoms with Gasteiger partial charge < -0.3 is 4.57 Å². The highest BCUT2D eigenvalue weighted by Gasteiger charge is 2.54. The molecule has 3 unspecified atom stereocenters. The Morgan fingerprint density at radius 1 is 1.00 bits per heavy atom. The Morgan fingerprint density at radius 2 is 1.83 bits per heavy atom. The first-order valence-corrected chi connectivity index (χ1v) is 12.6. The van der Waals surface area contributed by atoms with E-state index < -0.39 is 0 Å². The zero-order valence-electron chi connectivity index (χ0n) is 19.3. The molecule has 2 aromatic carbocycles. The first-order chi connectivity index (χ1) is 17.5. The number of hydrogen-bond acceptors (Lipinski definition) is 5. The van der Waals surface area contributed by atoms with Gasteiger partial charge in [-0.25, -0.2) is 4.99 Å².